The van der Waals surface area contributed by atoms with E-state index in [4.69, 9.17) is 34.8 Å². The Morgan fingerprint density at radius 2 is 1.50 bits per heavy atom. The third-order valence-electron chi connectivity index (χ3n) is 4.83. The van der Waals surface area contributed by atoms with E-state index in [2.05, 4.69) is 10.6 Å². The molecule has 0 aliphatic heterocycles. The quantitative estimate of drug-likeness (QED) is 0.300. The van der Waals surface area contributed by atoms with E-state index in [0.717, 1.165) is 30.0 Å². The molecule has 0 bridgehead atoms. The first kappa shape index (κ1) is 22.9. The summed E-state index contributed by atoms with van der Waals surface area (Å²) < 4.78 is 0. The fourth-order valence-corrected chi connectivity index (χ4v) is 3.93. The predicted octanol–water partition coefficient (Wildman–Crippen LogP) is 6.51. The maximum atomic E-state index is 10.5. The molecule has 0 aliphatic rings. The minimum Gasteiger partial charge on any atom is -0.387 e. The Morgan fingerprint density at radius 1 is 0.833 bits per heavy atom. The van der Waals surface area contributed by atoms with Gasteiger partial charge in [0.05, 0.1) is 21.8 Å². The molecule has 30 heavy (non-hydrogen) atoms. The topological polar surface area (TPSA) is 44.3 Å². The number of halogens is 3. The summed E-state index contributed by atoms with van der Waals surface area (Å²) in [6.45, 7) is 1.86. The molecule has 3 aromatic carbocycles. The molecule has 6 heteroatoms. The molecule has 0 aromatic heterocycles. The summed E-state index contributed by atoms with van der Waals surface area (Å²) in [7, 11) is 0. The maximum Gasteiger partial charge on any atom is 0.0915 e. The Labute approximate surface area is 193 Å². The number of anilines is 1. The Kier molecular flexibility index (Phi) is 8.86. The molecule has 3 nitrogen and oxygen atoms in total. The van der Waals surface area contributed by atoms with Gasteiger partial charge in [0, 0.05) is 18.1 Å². The number of nitrogens with one attached hydrogen (secondary N) is 2. The zero-order chi connectivity index (χ0) is 21.3. The minimum absolute atomic E-state index is 0.435. The van der Waals surface area contributed by atoms with Crippen molar-refractivity contribution in [1.29, 1.82) is 0 Å². The molecule has 0 spiro atoms. The molecule has 1 unspecified atom stereocenters. The molecular formula is C24H25Cl3N2O. The summed E-state index contributed by atoms with van der Waals surface area (Å²) in [6.07, 6.45) is 1.25. The van der Waals surface area contributed by atoms with Gasteiger partial charge in [-0.3, -0.25) is 0 Å². The highest BCUT2D eigenvalue weighted by Gasteiger charge is 2.13. The van der Waals surface area contributed by atoms with Gasteiger partial charge in [-0.1, -0.05) is 77.3 Å². The van der Waals surface area contributed by atoms with Crippen molar-refractivity contribution >= 4 is 40.5 Å². The number of benzene rings is 3. The molecule has 0 saturated heterocycles. The molecule has 3 rings (SSSR count). The van der Waals surface area contributed by atoms with Crippen molar-refractivity contribution in [3.63, 3.8) is 0 Å². The molecule has 0 saturated carbocycles. The second-order valence-electron chi connectivity index (χ2n) is 7.15. The van der Waals surface area contributed by atoms with E-state index in [1.165, 1.54) is 5.56 Å². The summed E-state index contributed by atoms with van der Waals surface area (Å²) in [5, 5.41) is 18.8. The zero-order valence-corrected chi connectivity index (χ0v) is 18.8. The van der Waals surface area contributed by atoms with Crippen LogP contribution >= 0.6 is 34.8 Å². The van der Waals surface area contributed by atoms with E-state index in [1.807, 2.05) is 54.6 Å². The maximum absolute atomic E-state index is 10.5. The van der Waals surface area contributed by atoms with Crippen LogP contribution in [0, 0.1) is 0 Å². The molecule has 0 radical (unpaired) electrons. The fraction of sp³-hybridized carbons (Fsp3) is 0.250. The van der Waals surface area contributed by atoms with Crippen molar-refractivity contribution in [1.82, 2.24) is 5.32 Å². The zero-order valence-electron chi connectivity index (χ0n) is 16.5. The third kappa shape index (κ3) is 6.90. The van der Waals surface area contributed by atoms with Crippen molar-refractivity contribution in [3.05, 3.63) is 98.5 Å². The SMILES string of the molecule is OC(CNCCCc1ccc(Cl)cc1)c1cc(Cl)c(NCc2ccccc2)c(Cl)c1. The predicted molar refractivity (Wildman–Crippen MR) is 128 cm³/mol. The molecule has 0 fully saturated rings. The molecule has 0 heterocycles. The Morgan fingerprint density at radius 3 is 2.17 bits per heavy atom. The van der Waals surface area contributed by atoms with Gasteiger partial charge in [-0.25, -0.2) is 0 Å². The van der Waals surface area contributed by atoms with Gasteiger partial charge >= 0.3 is 0 Å². The normalized spacial score (nSPS) is 12.0. The van der Waals surface area contributed by atoms with Crippen molar-refractivity contribution < 1.29 is 5.11 Å². The number of aliphatic hydroxyl groups is 1. The van der Waals surface area contributed by atoms with E-state index < -0.39 is 6.10 Å². The summed E-state index contributed by atoms with van der Waals surface area (Å²) in [6, 6.07) is 21.4. The van der Waals surface area contributed by atoms with Crippen LogP contribution in [0.2, 0.25) is 15.1 Å². The summed E-state index contributed by atoms with van der Waals surface area (Å²) in [5.74, 6) is 0. The number of hydrogen-bond acceptors (Lipinski definition) is 3. The lowest BCUT2D eigenvalue weighted by Gasteiger charge is -2.16. The van der Waals surface area contributed by atoms with E-state index >= 15 is 0 Å². The second kappa shape index (κ2) is 11.6. The van der Waals surface area contributed by atoms with Crippen LogP contribution in [0.4, 0.5) is 5.69 Å². The third-order valence-corrected chi connectivity index (χ3v) is 5.68. The van der Waals surface area contributed by atoms with Gasteiger partial charge in [-0.2, -0.15) is 0 Å². The number of rotatable bonds is 10. The van der Waals surface area contributed by atoms with E-state index in [0.29, 0.717) is 34.4 Å². The van der Waals surface area contributed by atoms with Crippen molar-refractivity contribution in [2.45, 2.75) is 25.5 Å². The minimum atomic E-state index is -0.682. The van der Waals surface area contributed by atoms with Crippen LogP contribution in [0.25, 0.3) is 0 Å². The van der Waals surface area contributed by atoms with Crippen molar-refractivity contribution in [2.24, 2.45) is 0 Å². The fourth-order valence-electron chi connectivity index (χ4n) is 3.17. The van der Waals surface area contributed by atoms with Gasteiger partial charge in [-0.05, 0) is 60.3 Å². The summed E-state index contributed by atoms with van der Waals surface area (Å²) >= 11 is 18.7. The first-order chi connectivity index (χ1) is 14.5. The highest BCUT2D eigenvalue weighted by atomic mass is 35.5. The average molecular weight is 464 g/mol. The van der Waals surface area contributed by atoms with Crippen molar-refractivity contribution in [3.8, 4) is 0 Å². The van der Waals surface area contributed by atoms with Gasteiger partial charge in [0.25, 0.3) is 0 Å². The van der Waals surface area contributed by atoms with E-state index in [1.54, 1.807) is 12.1 Å². The van der Waals surface area contributed by atoms with Crippen LogP contribution in [-0.4, -0.2) is 18.2 Å². The van der Waals surface area contributed by atoms with Crippen LogP contribution in [0.3, 0.4) is 0 Å². The highest BCUT2D eigenvalue weighted by Crippen LogP contribution is 2.34. The second-order valence-corrected chi connectivity index (χ2v) is 8.40. The summed E-state index contributed by atoms with van der Waals surface area (Å²) in [5.41, 5.74) is 3.75. The van der Waals surface area contributed by atoms with Crippen LogP contribution in [0.15, 0.2) is 66.7 Å². The van der Waals surface area contributed by atoms with Gasteiger partial charge in [-0.15, -0.1) is 0 Å². The highest BCUT2D eigenvalue weighted by molar-refractivity contribution is 6.39. The molecule has 3 N–H and O–H groups in total. The lowest BCUT2D eigenvalue weighted by atomic mass is 10.1. The average Bonchev–Trinajstić information content (AvgIpc) is 2.74. The van der Waals surface area contributed by atoms with Gasteiger partial charge in [0.15, 0.2) is 0 Å². The molecular weight excluding hydrogens is 439 g/mol. The molecule has 0 amide bonds. The Bertz CT molecular complexity index is 910. The van der Waals surface area contributed by atoms with Crippen LogP contribution in [0.1, 0.15) is 29.2 Å². The number of aliphatic hydroxyl groups excluding tert-OH is 1. The summed E-state index contributed by atoms with van der Waals surface area (Å²) in [4.78, 5) is 0. The van der Waals surface area contributed by atoms with E-state index in [-0.39, 0.29) is 0 Å². The van der Waals surface area contributed by atoms with Crippen LogP contribution in [0.5, 0.6) is 0 Å². The largest absolute Gasteiger partial charge is 0.387 e. The standard InChI is InChI=1S/C24H25Cl3N2O/c25-20-10-8-17(9-11-20)7-4-12-28-16-23(30)19-13-21(26)24(22(27)14-19)29-15-18-5-2-1-3-6-18/h1-3,5-6,8-11,13-14,23,28-30H,4,7,12,15-16H2. The Balaban J connectivity index is 1.47. The number of aryl methyl sites for hydroxylation is 1. The molecule has 0 aliphatic carbocycles. The number of hydrogen-bond donors (Lipinski definition) is 3. The monoisotopic (exact) mass is 462 g/mol. The van der Waals surface area contributed by atoms with Gasteiger partial charge < -0.3 is 15.7 Å². The molecule has 3 aromatic rings. The molecule has 1 atom stereocenters. The van der Waals surface area contributed by atoms with Gasteiger partial charge in [0.2, 0.25) is 0 Å². The lowest BCUT2D eigenvalue weighted by Crippen LogP contribution is -2.23. The van der Waals surface area contributed by atoms with Crippen LogP contribution < -0.4 is 10.6 Å². The van der Waals surface area contributed by atoms with Crippen molar-refractivity contribution in [2.75, 3.05) is 18.4 Å². The molecule has 158 valence electrons. The smallest absolute Gasteiger partial charge is 0.0915 e. The first-order valence-electron chi connectivity index (χ1n) is 9.93. The lowest BCUT2D eigenvalue weighted by molar-refractivity contribution is 0.175. The Hall–Kier alpha value is -1.75. The van der Waals surface area contributed by atoms with E-state index in [9.17, 15) is 5.11 Å². The van der Waals surface area contributed by atoms with Crippen LogP contribution in [-0.2, 0) is 13.0 Å². The first-order valence-corrected chi connectivity index (χ1v) is 11.1. The van der Waals surface area contributed by atoms with Gasteiger partial charge in [0.1, 0.15) is 0 Å².